The monoisotopic (exact) mass is 301 g/mol. The molecule has 0 bridgehead atoms. The number of hydrogen-bond acceptors (Lipinski definition) is 7. The zero-order valence-corrected chi connectivity index (χ0v) is 11.2. The zero-order chi connectivity index (χ0) is 14.9. The summed E-state index contributed by atoms with van der Waals surface area (Å²) in [4.78, 5) is 9.87. The molecule has 10 nitrogen and oxygen atoms in total. The number of furan rings is 1. The van der Waals surface area contributed by atoms with Gasteiger partial charge in [-0.3, -0.25) is 14.7 Å². The standard InChI is InChI=1S/C9H11N5O5S/c1-2-5-13-8(11-12-9(13)20(10,17)18)6-3-4-7(19-6)14(15)16/h3-4H,2,5H2,1H3,(H2,10,17,18). The zero-order valence-electron chi connectivity index (χ0n) is 10.4. The van der Waals surface area contributed by atoms with Gasteiger partial charge in [0.05, 0.1) is 6.07 Å². The van der Waals surface area contributed by atoms with Crippen molar-refractivity contribution in [3.63, 3.8) is 0 Å². The second-order valence-corrected chi connectivity index (χ2v) is 5.35. The Labute approximate surface area is 113 Å². The van der Waals surface area contributed by atoms with E-state index in [2.05, 4.69) is 10.2 Å². The van der Waals surface area contributed by atoms with Crippen LogP contribution < -0.4 is 5.14 Å². The largest absolute Gasteiger partial charge is 0.433 e. The minimum atomic E-state index is -4.04. The van der Waals surface area contributed by atoms with Gasteiger partial charge in [0.15, 0.2) is 5.76 Å². The molecule has 0 aliphatic heterocycles. The Morgan fingerprint density at radius 3 is 2.65 bits per heavy atom. The average Bonchev–Trinajstić information content (AvgIpc) is 2.93. The van der Waals surface area contributed by atoms with E-state index in [1.54, 1.807) is 0 Å². The molecule has 0 fully saturated rings. The summed E-state index contributed by atoms with van der Waals surface area (Å²) in [6, 6.07) is 2.47. The number of nitrogens with two attached hydrogens (primary N) is 1. The minimum absolute atomic E-state index is 0.0487. The molecule has 0 aromatic carbocycles. The van der Waals surface area contributed by atoms with E-state index in [4.69, 9.17) is 9.56 Å². The SMILES string of the molecule is CCCn1c(-c2ccc([N+](=O)[O-])o2)nnc1S(N)(=O)=O. The normalized spacial score (nSPS) is 11.7. The van der Waals surface area contributed by atoms with Gasteiger partial charge >= 0.3 is 5.88 Å². The predicted molar refractivity (Wildman–Crippen MR) is 66.0 cm³/mol. The maximum atomic E-state index is 11.4. The van der Waals surface area contributed by atoms with Crippen molar-refractivity contribution in [3.05, 3.63) is 22.2 Å². The van der Waals surface area contributed by atoms with E-state index in [1.165, 1.54) is 10.6 Å². The Bertz CT molecular complexity index is 747. The van der Waals surface area contributed by atoms with Gasteiger partial charge in [0.2, 0.25) is 5.82 Å². The molecule has 2 heterocycles. The average molecular weight is 301 g/mol. The summed E-state index contributed by atoms with van der Waals surface area (Å²) < 4.78 is 29.0. The van der Waals surface area contributed by atoms with E-state index >= 15 is 0 Å². The Morgan fingerprint density at radius 2 is 2.15 bits per heavy atom. The van der Waals surface area contributed by atoms with E-state index in [0.29, 0.717) is 6.42 Å². The van der Waals surface area contributed by atoms with E-state index in [9.17, 15) is 18.5 Å². The van der Waals surface area contributed by atoms with Crippen LogP contribution in [0.15, 0.2) is 21.7 Å². The first-order valence-corrected chi connectivity index (χ1v) is 7.09. The molecule has 20 heavy (non-hydrogen) atoms. The van der Waals surface area contributed by atoms with Crippen molar-refractivity contribution in [3.8, 4) is 11.6 Å². The number of sulfonamides is 1. The van der Waals surface area contributed by atoms with Crippen molar-refractivity contribution in [2.75, 3.05) is 0 Å². The lowest BCUT2D eigenvalue weighted by Crippen LogP contribution is -2.19. The van der Waals surface area contributed by atoms with Crippen LogP contribution in [0.1, 0.15) is 13.3 Å². The number of primary sulfonamides is 1. The fraction of sp³-hybridized carbons (Fsp3) is 0.333. The lowest BCUT2D eigenvalue weighted by Gasteiger charge is -2.05. The fourth-order valence-corrected chi connectivity index (χ4v) is 2.29. The molecule has 0 atom stereocenters. The molecule has 2 aromatic heterocycles. The summed E-state index contributed by atoms with van der Waals surface area (Å²) >= 11 is 0. The first-order valence-electron chi connectivity index (χ1n) is 5.55. The van der Waals surface area contributed by atoms with Crippen LogP contribution in [0, 0.1) is 10.1 Å². The summed E-state index contributed by atoms with van der Waals surface area (Å²) in [6.07, 6.45) is 0.594. The number of aromatic nitrogens is 3. The van der Waals surface area contributed by atoms with Gasteiger partial charge in [-0.15, -0.1) is 10.2 Å². The lowest BCUT2D eigenvalue weighted by atomic mass is 10.4. The maximum Gasteiger partial charge on any atom is 0.433 e. The summed E-state index contributed by atoms with van der Waals surface area (Å²) in [5.41, 5.74) is 0. The molecule has 0 amide bonds. The fourth-order valence-electron chi connectivity index (χ4n) is 1.65. The molecule has 108 valence electrons. The summed E-state index contributed by atoms with van der Waals surface area (Å²) in [7, 11) is -4.04. The van der Waals surface area contributed by atoms with E-state index in [0.717, 1.165) is 6.07 Å². The summed E-state index contributed by atoms with van der Waals surface area (Å²) in [6.45, 7) is 2.10. The number of hydrogen-bond donors (Lipinski definition) is 1. The molecular formula is C9H11N5O5S. The van der Waals surface area contributed by atoms with Gasteiger partial charge in [0, 0.05) is 6.54 Å². The smallest absolute Gasteiger partial charge is 0.397 e. The quantitative estimate of drug-likeness (QED) is 0.624. The highest BCUT2D eigenvalue weighted by atomic mass is 32.2. The van der Waals surface area contributed by atoms with Gasteiger partial charge in [0.1, 0.15) is 4.92 Å². The van der Waals surface area contributed by atoms with Gasteiger partial charge in [0.25, 0.3) is 15.2 Å². The number of nitrogens with zero attached hydrogens (tertiary/aromatic N) is 4. The summed E-state index contributed by atoms with van der Waals surface area (Å²) in [5.74, 6) is -0.347. The Balaban J connectivity index is 2.56. The highest BCUT2D eigenvalue weighted by Gasteiger charge is 2.24. The van der Waals surface area contributed by atoms with E-state index in [-0.39, 0.29) is 18.1 Å². The molecule has 0 spiro atoms. The van der Waals surface area contributed by atoms with Crippen LogP contribution in [0.3, 0.4) is 0 Å². The van der Waals surface area contributed by atoms with Gasteiger partial charge in [-0.1, -0.05) is 6.92 Å². The first kappa shape index (κ1) is 14.1. The van der Waals surface area contributed by atoms with Crippen molar-refractivity contribution in [2.24, 2.45) is 5.14 Å². The Kier molecular flexibility index (Phi) is 3.55. The molecule has 0 aliphatic carbocycles. The van der Waals surface area contributed by atoms with Crippen LogP contribution >= 0.6 is 0 Å². The van der Waals surface area contributed by atoms with E-state index < -0.39 is 26.0 Å². The van der Waals surface area contributed by atoms with Gasteiger partial charge < -0.3 is 4.42 Å². The third-order valence-electron chi connectivity index (χ3n) is 2.41. The van der Waals surface area contributed by atoms with Crippen molar-refractivity contribution < 1.29 is 17.8 Å². The molecule has 0 unspecified atom stereocenters. The van der Waals surface area contributed by atoms with Crippen molar-refractivity contribution in [1.82, 2.24) is 14.8 Å². The molecule has 0 saturated carbocycles. The maximum absolute atomic E-state index is 11.4. The van der Waals surface area contributed by atoms with Crippen LogP contribution in [0.2, 0.25) is 0 Å². The number of rotatable bonds is 5. The molecule has 2 aromatic rings. The van der Waals surface area contributed by atoms with Gasteiger partial charge in [-0.05, 0) is 12.5 Å². The second kappa shape index (κ2) is 5.02. The molecule has 0 radical (unpaired) electrons. The third-order valence-corrected chi connectivity index (χ3v) is 3.22. The predicted octanol–water partition coefficient (Wildman–Crippen LogP) is 0.504. The molecule has 11 heteroatoms. The Morgan fingerprint density at radius 1 is 1.45 bits per heavy atom. The van der Waals surface area contributed by atoms with Crippen LogP contribution in [-0.4, -0.2) is 28.1 Å². The number of nitro groups is 1. The third kappa shape index (κ3) is 2.53. The highest BCUT2D eigenvalue weighted by Crippen LogP contribution is 2.26. The molecule has 0 saturated heterocycles. The van der Waals surface area contributed by atoms with Crippen molar-refractivity contribution in [2.45, 2.75) is 25.0 Å². The second-order valence-electron chi connectivity index (χ2n) is 3.90. The van der Waals surface area contributed by atoms with Gasteiger partial charge in [-0.2, -0.15) is 0 Å². The Hall–Kier alpha value is -2.27. The van der Waals surface area contributed by atoms with Crippen molar-refractivity contribution in [1.29, 1.82) is 0 Å². The van der Waals surface area contributed by atoms with Crippen molar-refractivity contribution >= 4 is 15.9 Å². The summed E-state index contributed by atoms with van der Waals surface area (Å²) in [5, 5.41) is 22.4. The van der Waals surface area contributed by atoms with Crippen LogP contribution in [0.4, 0.5) is 5.88 Å². The minimum Gasteiger partial charge on any atom is -0.397 e. The molecule has 2 N–H and O–H groups in total. The van der Waals surface area contributed by atoms with Crippen LogP contribution in [0.25, 0.3) is 11.6 Å². The first-order chi connectivity index (χ1) is 9.34. The van der Waals surface area contributed by atoms with Gasteiger partial charge in [-0.25, -0.2) is 13.6 Å². The highest BCUT2D eigenvalue weighted by molar-refractivity contribution is 7.89. The van der Waals surface area contributed by atoms with E-state index in [1.807, 2.05) is 6.92 Å². The topological polar surface area (TPSA) is 147 Å². The molecule has 2 rings (SSSR count). The molecular weight excluding hydrogens is 290 g/mol. The lowest BCUT2D eigenvalue weighted by molar-refractivity contribution is -0.401. The van der Waals surface area contributed by atoms with Crippen LogP contribution in [-0.2, 0) is 16.6 Å². The van der Waals surface area contributed by atoms with Crippen LogP contribution in [0.5, 0.6) is 0 Å². The molecule has 0 aliphatic rings.